The largest absolute Gasteiger partial charge is 0.483 e. The molecule has 2 atom stereocenters. The summed E-state index contributed by atoms with van der Waals surface area (Å²) in [5.41, 5.74) is 5.56. The van der Waals surface area contributed by atoms with Gasteiger partial charge in [-0.3, -0.25) is 4.79 Å². The molecule has 1 N–H and O–H groups in total. The molecule has 3 heterocycles. The van der Waals surface area contributed by atoms with Crippen LogP contribution in [-0.2, 0) is 4.79 Å². The van der Waals surface area contributed by atoms with Crippen LogP contribution in [0.5, 0.6) is 5.75 Å². The first-order valence-electron chi connectivity index (χ1n) is 10.6. The maximum absolute atomic E-state index is 14.8. The topological polar surface area (TPSA) is 60.4 Å². The summed E-state index contributed by atoms with van der Waals surface area (Å²) < 4.78 is 20.8. The Morgan fingerprint density at radius 1 is 1.26 bits per heavy atom. The lowest BCUT2D eigenvalue weighted by Crippen LogP contribution is -2.55. The molecule has 2 unspecified atom stereocenters. The van der Waals surface area contributed by atoms with Crippen molar-refractivity contribution < 1.29 is 13.9 Å². The predicted octanol–water partition coefficient (Wildman–Crippen LogP) is 2.66. The molecule has 3 aliphatic rings. The number of amidine groups is 1. The monoisotopic (exact) mass is 423 g/mol. The van der Waals surface area contributed by atoms with Crippen molar-refractivity contribution in [2.75, 3.05) is 43.6 Å². The molecule has 0 radical (unpaired) electrons. The number of amides is 1. The van der Waals surface area contributed by atoms with E-state index in [2.05, 4.69) is 34.4 Å². The number of carbonyl (C=O) groups is 1. The second-order valence-corrected chi connectivity index (χ2v) is 8.47. The van der Waals surface area contributed by atoms with Crippen molar-refractivity contribution in [1.82, 2.24) is 10.3 Å². The number of hydrogen-bond donors (Lipinski definition) is 1. The average molecular weight is 423 g/mol. The summed E-state index contributed by atoms with van der Waals surface area (Å²) in [6.07, 6.45) is 1.03. The summed E-state index contributed by atoms with van der Waals surface area (Å²) in [6.45, 7) is 4.06. The summed E-state index contributed by atoms with van der Waals surface area (Å²) in [5, 5.41) is 4.18. The van der Waals surface area contributed by atoms with E-state index in [1.165, 1.54) is 6.07 Å². The van der Waals surface area contributed by atoms with Crippen LogP contribution in [0.4, 0.5) is 15.8 Å². The average Bonchev–Trinajstić information content (AvgIpc) is 3.21. The standard InChI is InChI=1S/C23H26FN5O2/c1-14-23(30)26-25-22-13-31-21-10-17(16-6-4-5-7-18(16)24)19(11-20(21)29(14)22)28(3)15-8-9-27(2)12-15/h4-7,10-11,14-15H,8-9,12-13H2,1-3H3,(H,26,30). The Morgan fingerprint density at radius 2 is 2.06 bits per heavy atom. The van der Waals surface area contributed by atoms with Gasteiger partial charge in [0.2, 0.25) is 0 Å². The molecule has 1 amide bonds. The van der Waals surface area contributed by atoms with Crippen molar-refractivity contribution in [3.05, 3.63) is 42.2 Å². The van der Waals surface area contributed by atoms with Gasteiger partial charge in [-0.2, -0.15) is 5.10 Å². The van der Waals surface area contributed by atoms with Crippen LogP contribution in [0.1, 0.15) is 13.3 Å². The Bertz CT molecular complexity index is 1070. The summed E-state index contributed by atoms with van der Waals surface area (Å²) in [6, 6.07) is 10.6. The van der Waals surface area contributed by atoms with Gasteiger partial charge >= 0.3 is 0 Å². The van der Waals surface area contributed by atoms with Crippen LogP contribution < -0.4 is 20.0 Å². The van der Waals surface area contributed by atoms with Crippen LogP contribution in [0.3, 0.4) is 0 Å². The molecular formula is C23H26FN5O2. The van der Waals surface area contributed by atoms with Gasteiger partial charge in [-0.25, -0.2) is 9.82 Å². The molecule has 8 heteroatoms. The molecule has 0 aromatic heterocycles. The Morgan fingerprint density at radius 3 is 2.81 bits per heavy atom. The minimum atomic E-state index is -0.412. The van der Waals surface area contributed by atoms with Gasteiger partial charge in [-0.15, -0.1) is 0 Å². The Balaban J connectivity index is 1.67. The van der Waals surface area contributed by atoms with Gasteiger partial charge in [0.25, 0.3) is 5.91 Å². The van der Waals surface area contributed by atoms with Crippen molar-refractivity contribution in [2.45, 2.75) is 25.4 Å². The van der Waals surface area contributed by atoms with E-state index in [1.54, 1.807) is 12.1 Å². The first-order valence-corrected chi connectivity index (χ1v) is 10.6. The van der Waals surface area contributed by atoms with Gasteiger partial charge < -0.3 is 19.4 Å². The van der Waals surface area contributed by atoms with E-state index >= 15 is 0 Å². The summed E-state index contributed by atoms with van der Waals surface area (Å²) in [7, 11) is 4.17. The molecule has 2 aromatic rings. The molecule has 0 saturated carbocycles. The highest BCUT2D eigenvalue weighted by Gasteiger charge is 2.37. The Hall–Kier alpha value is -3.13. The number of hydrogen-bond acceptors (Lipinski definition) is 6. The number of nitrogens with zero attached hydrogens (tertiary/aromatic N) is 4. The summed E-state index contributed by atoms with van der Waals surface area (Å²) in [5.74, 6) is 0.846. The quantitative estimate of drug-likeness (QED) is 0.823. The number of likely N-dealkylation sites (tertiary alicyclic amines) is 1. The van der Waals surface area contributed by atoms with Gasteiger partial charge in [0.05, 0.1) is 5.69 Å². The smallest absolute Gasteiger partial charge is 0.262 e. The molecule has 162 valence electrons. The molecule has 5 rings (SSSR count). The van der Waals surface area contributed by atoms with Crippen molar-refractivity contribution in [1.29, 1.82) is 0 Å². The number of ether oxygens (including phenoxy) is 1. The summed E-state index contributed by atoms with van der Waals surface area (Å²) >= 11 is 0. The third-order valence-electron chi connectivity index (χ3n) is 6.49. The Labute approximate surface area is 181 Å². The molecule has 31 heavy (non-hydrogen) atoms. The normalized spacial score (nSPS) is 22.9. The number of fused-ring (bicyclic) bond motifs is 3. The van der Waals surface area contributed by atoms with Gasteiger partial charge in [-0.05, 0) is 45.1 Å². The maximum Gasteiger partial charge on any atom is 0.262 e. The second kappa shape index (κ2) is 7.53. The second-order valence-electron chi connectivity index (χ2n) is 8.47. The number of halogens is 1. The van der Waals surface area contributed by atoms with E-state index in [-0.39, 0.29) is 18.3 Å². The fourth-order valence-electron chi connectivity index (χ4n) is 4.67. The van der Waals surface area contributed by atoms with E-state index in [0.717, 1.165) is 36.4 Å². The fourth-order valence-corrected chi connectivity index (χ4v) is 4.67. The lowest BCUT2D eigenvalue weighted by atomic mass is 9.98. The number of carbonyl (C=O) groups excluding carboxylic acids is 1. The van der Waals surface area contributed by atoms with Crippen LogP contribution in [0.15, 0.2) is 41.5 Å². The number of likely N-dealkylation sites (N-methyl/N-ethyl adjacent to an activating group) is 2. The molecule has 1 saturated heterocycles. The van der Waals surface area contributed by atoms with E-state index in [4.69, 9.17) is 4.74 Å². The zero-order chi connectivity index (χ0) is 21.7. The highest BCUT2D eigenvalue weighted by molar-refractivity contribution is 6.10. The third kappa shape index (κ3) is 3.31. The molecule has 1 fully saturated rings. The van der Waals surface area contributed by atoms with Crippen LogP contribution >= 0.6 is 0 Å². The molecule has 0 bridgehead atoms. The number of hydrazone groups is 1. The van der Waals surface area contributed by atoms with Crippen molar-refractivity contribution in [3.8, 4) is 16.9 Å². The van der Waals surface area contributed by atoms with E-state index in [1.807, 2.05) is 30.0 Å². The first-order chi connectivity index (χ1) is 14.9. The summed E-state index contributed by atoms with van der Waals surface area (Å²) in [4.78, 5) is 18.7. The van der Waals surface area contributed by atoms with E-state index < -0.39 is 6.04 Å². The van der Waals surface area contributed by atoms with Gasteiger partial charge in [0.15, 0.2) is 5.84 Å². The van der Waals surface area contributed by atoms with Crippen LogP contribution in [-0.4, -0.2) is 62.5 Å². The van der Waals surface area contributed by atoms with E-state index in [9.17, 15) is 9.18 Å². The predicted molar refractivity (Wildman–Crippen MR) is 119 cm³/mol. The van der Waals surface area contributed by atoms with Crippen LogP contribution in [0.2, 0.25) is 0 Å². The number of nitrogens with one attached hydrogen (secondary N) is 1. The minimum Gasteiger partial charge on any atom is -0.483 e. The Kier molecular flexibility index (Phi) is 4.81. The fraction of sp³-hybridized carbons (Fsp3) is 0.391. The van der Waals surface area contributed by atoms with Gasteiger partial charge in [0.1, 0.15) is 24.2 Å². The SMILES string of the molecule is CC1C(=O)NN=C2COc3cc(-c4ccccc4F)c(N(C)C4CCN(C)C4)cc3N21. The van der Waals surface area contributed by atoms with Gasteiger partial charge in [-0.1, -0.05) is 18.2 Å². The molecular weight excluding hydrogens is 397 g/mol. The molecule has 7 nitrogen and oxygen atoms in total. The molecule has 2 aromatic carbocycles. The van der Waals surface area contributed by atoms with Crippen molar-refractivity contribution >= 4 is 23.1 Å². The van der Waals surface area contributed by atoms with Gasteiger partial charge in [0, 0.05) is 36.4 Å². The van der Waals surface area contributed by atoms with Crippen molar-refractivity contribution in [3.63, 3.8) is 0 Å². The molecule has 0 aliphatic carbocycles. The number of rotatable bonds is 3. The lowest BCUT2D eigenvalue weighted by Gasteiger charge is -2.39. The number of anilines is 2. The maximum atomic E-state index is 14.8. The zero-order valence-electron chi connectivity index (χ0n) is 17.9. The van der Waals surface area contributed by atoms with Crippen LogP contribution in [0, 0.1) is 5.82 Å². The first kappa shape index (κ1) is 19.8. The molecule has 0 spiro atoms. The van der Waals surface area contributed by atoms with Crippen LogP contribution in [0.25, 0.3) is 11.1 Å². The highest BCUT2D eigenvalue weighted by atomic mass is 19.1. The van der Waals surface area contributed by atoms with Crippen molar-refractivity contribution in [2.24, 2.45) is 5.10 Å². The zero-order valence-corrected chi connectivity index (χ0v) is 17.9. The minimum absolute atomic E-state index is 0.165. The highest BCUT2D eigenvalue weighted by Crippen LogP contribution is 2.44. The lowest BCUT2D eigenvalue weighted by molar-refractivity contribution is -0.122. The third-order valence-corrected chi connectivity index (χ3v) is 6.49. The number of benzene rings is 2. The van der Waals surface area contributed by atoms with E-state index in [0.29, 0.717) is 23.2 Å². The molecule has 3 aliphatic heterocycles.